The first-order chi connectivity index (χ1) is 5.76. The van der Waals surface area contributed by atoms with Crippen LogP contribution in [0.5, 0.6) is 0 Å². The van der Waals surface area contributed by atoms with Crippen molar-refractivity contribution < 1.29 is 5.11 Å². The molecule has 71 valence electrons. The maximum Gasteiger partial charge on any atom is 0.0749 e. The fraction of sp³-hybridized carbons (Fsp3) is 0.727. The fourth-order valence-electron chi connectivity index (χ4n) is 1.52. The van der Waals surface area contributed by atoms with E-state index in [9.17, 15) is 5.11 Å². The van der Waals surface area contributed by atoms with Gasteiger partial charge in [0.1, 0.15) is 0 Å². The Balaban J connectivity index is 3.89. The molecule has 0 saturated heterocycles. The maximum atomic E-state index is 9.64. The number of hydrogen-bond donors (Lipinski definition) is 1. The Bertz CT molecular complexity index is 112. The molecule has 0 aliphatic carbocycles. The van der Waals surface area contributed by atoms with Gasteiger partial charge in [-0.2, -0.15) is 0 Å². The minimum absolute atomic E-state index is 0.289. The lowest BCUT2D eigenvalue weighted by molar-refractivity contribution is 0.139. The van der Waals surface area contributed by atoms with Gasteiger partial charge in [0.2, 0.25) is 0 Å². The molecular formula is C11H21O. The number of rotatable bonds is 6. The highest BCUT2D eigenvalue weighted by molar-refractivity contribution is 4.93. The summed E-state index contributed by atoms with van der Waals surface area (Å²) in [5, 5.41) is 9.64. The molecule has 1 unspecified atom stereocenters. The van der Waals surface area contributed by atoms with Crippen LogP contribution in [0.3, 0.4) is 0 Å². The van der Waals surface area contributed by atoms with Crippen LogP contribution in [0, 0.1) is 12.8 Å². The van der Waals surface area contributed by atoms with E-state index in [1.165, 1.54) is 0 Å². The molecule has 0 aromatic heterocycles. The van der Waals surface area contributed by atoms with Crippen molar-refractivity contribution >= 4 is 0 Å². The fourth-order valence-corrected chi connectivity index (χ4v) is 1.52. The molecule has 1 N–H and O–H groups in total. The molecule has 0 bridgehead atoms. The highest BCUT2D eigenvalue weighted by Gasteiger charge is 2.13. The van der Waals surface area contributed by atoms with Crippen LogP contribution in [-0.4, -0.2) is 11.2 Å². The molecule has 0 aromatic rings. The molecule has 0 aliphatic heterocycles. The molecule has 0 aliphatic rings. The van der Waals surface area contributed by atoms with E-state index in [-0.39, 0.29) is 6.10 Å². The zero-order valence-corrected chi connectivity index (χ0v) is 8.29. The molecule has 1 radical (unpaired) electrons. The van der Waals surface area contributed by atoms with Gasteiger partial charge >= 0.3 is 0 Å². The summed E-state index contributed by atoms with van der Waals surface area (Å²) >= 11 is 0. The normalized spacial score (nSPS) is 14.4. The maximum absolute atomic E-state index is 9.64. The van der Waals surface area contributed by atoms with Crippen LogP contribution in [0.15, 0.2) is 12.2 Å². The summed E-state index contributed by atoms with van der Waals surface area (Å²) in [4.78, 5) is 0. The van der Waals surface area contributed by atoms with E-state index in [4.69, 9.17) is 0 Å². The minimum Gasteiger partial charge on any atom is -0.389 e. The second-order valence-corrected chi connectivity index (χ2v) is 3.26. The lowest BCUT2D eigenvalue weighted by Gasteiger charge is -2.18. The third-order valence-electron chi connectivity index (χ3n) is 2.14. The van der Waals surface area contributed by atoms with E-state index < -0.39 is 0 Å². The summed E-state index contributed by atoms with van der Waals surface area (Å²) < 4.78 is 0. The predicted molar refractivity (Wildman–Crippen MR) is 53.8 cm³/mol. The summed E-state index contributed by atoms with van der Waals surface area (Å²) in [6.45, 7) is 7.90. The van der Waals surface area contributed by atoms with Crippen molar-refractivity contribution in [2.45, 2.75) is 45.6 Å². The van der Waals surface area contributed by atoms with E-state index in [1.54, 1.807) is 12.2 Å². The van der Waals surface area contributed by atoms with Crippen molar-refractivity contribution in [3.05, 3.63) is 19.1 Å². The molecule has 1 atom stereocenters. The van der Waals surface area contributed by atoms with Crippen LogP contribution < -0.4 is 0 Å². The smallest absolute Gasteiger partial charge is 0.0749 e. The Labute approximate surface area is 76.5 Å². The van der Waals surface area contributed by atoms with Crippen LogP contribution in [0.1, 0.15) is 39.5 Å². The number of allylic oxidation sites excluding steroid dienone is 1. The van der Waals surface area contributed by atoms with Crippen LogP contribution in [0.2, 0.25) is 0 Å². The van der Waals surface area contributed by atoms with Gasteiger partial charge in [0.25, 0.3) is 0 Å². The molecule has 0 fully saturated rings. The van der Waals surface area contributed by atoms with Gasteiger partial charge in [-0.25, -0.2) is 0 Å². The van der Waals surface area contributed by atoms with E-state index in [1.807, 2.05) is 0 Å². The predicted octanol–water partition coefficient (Wildman–Crippen LogP) is 2.95. The van der Waals surface area contributed by atoms with Gasteiger partial charge in [-0.1, -0.05) is 38.8 Å². The number of hydrogen-bond acceptors (Lipinski definition) is 1. The molecule has 0 saturated carbocycles. The first-order valence-corrected chi connectivity index (χ1v) is 4.90. The quantitative estimate of drug-likeness (QED) is 0.648. The molecule has 0 aromatic carbocycles. The Morgan fingerprint density at radius 3 is 2.08 bits per heavy atom. The third-order valence-corrected chi connectivity index (χ3v) is 2.14. The SMILES string of the molecule is [CH2]/C=C/C(O)C(CCC)CCC. The summed E-state index contributed by atoms with van der Waals surface area (Å²) in [7, 11) is 0. The molecule has 0 amide bonds. The van der Waals surface area contributed by atoms with Crippen molar-refractivity contribution in [2.24, 2.45) is 5.92 Å². The number of aliphatic hydroxyl groups excluding tert-OH is 1. The van der Waals surface area contributed by atoms with Gasteiger partial charge in [0.15, 0.2) is 0 Å². The summed E-state index contributed by atoms with van der Waals surface area (Å²) in [6.07, 6.45) is 7.69. The minimum atomic E-state index is -0.289. The first-order valence-electron chi connectivity index (χ1n) is 4.90. The Hall–Kier alpha value is -0.300. The van der Waals surface area contributed by atoms with Gasteiger partial charge in [-0.15, -0.1) is 0 Å². The van der Waals surface area contributed by atoms with Gasteiger partial charge in [-0.05, 0) is 25.7 Å². The molecule has 0 heterocycles. The van der Waals surface area contributed by atoms with Gasteiger partial charge in [-0.3, -0.25) is 0 Å². The molecule has 12 heavy (non-hydrogen) atoms. The Kier molecular flexibility index (Phi) is 7.17. The standard InChI is InChI=1S/C11H21O/c1-4-7-10(8-5-2)11(12)9-6-3/h6,9-12H,3-5,7-8H2,1-2H3/b9-6+. The van der Waals surface area contributed by atoms with E-state index in [0.29, 0.717) is 5.92 Å². The topological polar surface area (TPSA) is 20.2 Å². The van der Waals surface area contributed by atoms with E-state index >= 15 is 0 Å². The number of aliphatic hydroxyl groups is 1. The lowest BCUT2D eigenvalue weighted by Crippen LogP contribution is -2.17. The van der Waals surface area contributed by atoms with Crippen molar-refractivity contribution in [1.29, 1.82) is 0 Å². The molecule has 0 rings (SSSR count). The molecular weight excluding hydrogens is 148 g/mol. The van der Waals surface area contributed by atoms with Crippen molar-refractivity contribution in [3.8, 4) is 0 Å². The Morgan fingerprint density at radius 1 is 1.25 bits per heavy atom. The molecule has 0 spiro atoms. The highest BCUT2D eigenvalue weighted by atomic mass is 16.3. The second kappa shape index (κ2) is 7.35. The third kappa shape index (κ3) is 4.55. The summed E-state index contributed by atoms with van der Waals surface area (Å²) in [5.74, 6) is 0.429. The zero-order valence-electron chi connectivity index (χ0n) is 8.29. The molecule has 1 heteroatoms. The van der Waals surface area contributed by atoms with Crippen molar-refractivity contribution in [1.82, 2.24) is 0 Å². The molecule has 1 nitrogen and oxygen atoms in total. The van der Waals surface area contributed by atoms with Crippen molar-refractivity contribution in [3.63, 3.8) is 0 Å². The van der Waals surface area contributed by atoms with E-state index in [0.717, 1.165) is 25.7 Å². The average molecular weight is 169 g/mol. The zero-order chi connectivity index (χ0) is 9.40. The average Bonchev–Trinajstić information content (AvgIpc) is 2.04. The first kappa shape index (κ1) is 11.7. The monoisotopic (exact) mass is 169 g/mol. The highest BCUT2D eigenvalue weighted by Crippen LogP contribution is 2.18. The van der Waals surface area contributed by atoms with E-state index in [2.05, 4.69) is 20.8 Å². The summed E-state index contributed by atoms with van der Waals surface area (Å²) in [5.41, 5.74) is 0. The van der Waals surface area contributed by atoms with Crippen LogP contribution in [0.25, 0.3) is 0 Å². The second-order valence-electron chi connectivity index (χ2n) is 3.26. The largest absolute Gasteiger partial charge is 0.389 e. The van der Waals surface area contributed by atoms with Crippen LogP contribution >= 0.6 is 0 Å². The van der Waals surface area contributed by atoms with Gasteiger partial charge in [0.05, 0.1) is 6.10 Å². The Morgan fingerprint density at radius 2 is 1.75 bits per heavy atom. The van der Waals surface area contributed by atoms with Crippen LogP contribution in [-0.2, 0) is 0 Å². The lowest BCUT2D eigenvalue weighted by atomic mass is 9.92. The van der Waals surface area contributed by atoms with Crippen LogP contribution in [0.4, 0.5) is 0 Å². The van der Waals surface area contributed by atoms with Gasteiger partial charge < -0.3 is 5.11 Å². The summed E-state index contributed by atoms with van der Waals surface area (Å²) in [6, 6.07) is 0. The van der Waals surface area contributed by atoms with Crippen molar-refractivity contribution in [2.75, 3.05) is 0 Å². The van der Waals surface area contributed by atoms with Gasteiger partial charge in [0, 0.05) is 0 Å².